The molecule has 0 amide bonds. The Labute approximate surface area is 188 Å². The van der Waals surface area contributed by atoms with Crippen molar-refractivity contribution in [2.45, 2.75) is 20.4 Å². The lowest BCUT2D eigenvalue weighted by molar-refractivity contribution is 0.323. The van der Waals surface area contributed by atoms with Gasteiger partial charge in [0.1, 0.15) is 0 Å². The van der Waals surface area contributed by atoms with Crippen LogP contribution in [0.1, 0.15) is 22.3 Å². The van der Waals surface area contributed by atoms with Crippen LogP contribution >= 0.6 is 44.1 Å². The maximum atomic E-state index is 5.45. The smallest absolute Gasteiger partial charge is 0.203 e. The molecule has 0 fully saturated rings. The fourth-order valence-corrected chi connectivity index (χ4v) is 3.87. The van der Waals surface area contributed by atoms with Crippen LogP contribution in [0.2, 0.25) is 0 Å². The van der Waals surface area contributed by atoms with Gasteiger partial charge in [-0.1, -0.05) is 24.4 Å². The second kappa shape index (κ2) is 10.3. The molecule has 2 aromatic carbocycles. The second-order valence-corrected chi connectivity index (χ2v) is 8.15. The van der Waals surface area contributed by atoms with Crippen molar-refractivity contribution in [3.05, 3.63) is 55.5 Å². The Morgan fingerprint density at radius 2 is 1.61 bits per heavy atom. The summed E-state index contributed by atoms with van der Waals surface area (Å²) in [5.74, 6) is 1.80. The average Bonchev–Trinajstić information content (AvgIpc) is 2.71. The second-order valence-electron chi connectivity index (χ2n) is 6.12. The van der Waals surface area contributed by atoms with Gasteiger partial charge in [-0.3, -0.25) is 0 Å². The Hall–Kier alpha value is -1.57. The van der Waals surface area contributed by atoms with Crippen LogP contribution in [-0.4, -0.2) is 26.3 Å². The number of hydrogen-bond donors (Lipinski definition) is 1. The van der Waals surface area contributed by atoms with Crippen molar-refractivity contribution in [3.8, 4) is 17.2 Å². The van der Waals surface area contributed by atoms with Crippen LogP contribution in [0.3, 0.4) is 0 Å². The first-order chi connectivity index (χ1) is 13.3. The monoisotopic (exact) mass is 527 g/mol. The minimum Gasteiger partial charge on any atom is -0.493 e. The van der Waals surface area contributed by atoms with Crippen LogP contribution in [0.25, 0.3) is 6.08 Å². The van der Waals surface area contributed by atoms with Gasteiger partial charge in [-0.25, -0.2) is 0 Å². The van der Waals surface area contributed by atoms with Crippen LogP contribution in [0.4, 0.5) is 0 Å². The number of ether oxygens (including phenoxy) is 3. The van der Waals surface area contributed by atoms with E-state index >= 15 is 0 Å². The summed E-state index contributed by atoms with van der Waals surface area (Å²) in [6.45, 7) is 4.71. The zero-order valence-corrected chi connectivity index (χ0v) is 20.5. The lowest BCUT2D eigenvalue weighted by atomic mass is 10.1. The molecule has 0 unspecified atom stereocenters. The van der Waals surface area contributed by atoms with Gasteiger partial charge in [0.05, 0.1) is 26.3 Å². The highest BCUT2D eigenvalue weighted by Gasteiger charge is 2.13. The van der Waals surface area contributed by atoms with Crippen LogP contribution < -0.4 is 19.5 Å². The van der Waals surface area contributed by atoms with Gasteiger partial charge in [-0.2, -0.15) is 0 Å². The molecule has 0 spiro atoms. The van der Waals surface area contributed by atoms with E-state index in [1.54, 1.807) is 21.3 Å². The molecule has 2 aromatic rings. The minimum atomic E-state index is 0.539. The molecular formula is C21H23Br2NO3S. The topological polar surface area (TPSA) is 39.7 Å². The lowest BCUT2D eigenvalue weighted by Crippen LogP contribution is -2.18. The van der Waals surface area contributed by atoms with Crippen LogP contribution in [0.15, 0.2) is 33.2 Å². The van der Waals surface area contributed by atoms with E-state index in [2.05, 4.69) is 57.1 Å². The first kappa shape index (κ1) is 22.7. The van der Waals surface area contributed by atoms with E-state index < -0.39 is 0 Å². The van der Waals surface area contributed by atoms with Gasteiger partial charge < -0.3 is 19.5 Å². The molecule has 0 aliphatic carbocycles. The fraction of sp³-hybridized carbons (Fsp3) is 0.286. The molecule has 0 aliphatic rings. The van der Waals surface area contributed by atoms with Gasteiger partial charge in [0, 0.05) is 15.5 Å². The molecule has 0 heterocycles. The summed E-state index contributed by atoms with van der Waals surface area (Å²) >= 11 is 12.7. The largest absolute Gasteiger partial charge is 0.493 e. The molecule has 0 aliphatic heterocycles. The summed E-state index contributed by atoms with van der Waals surface area (Å²) in [5.41, 5.74) is 4.46. The maximum Gasteiger partial charge on any atom is 0.203 e. The summed E-state index contributed by atoms with van der Waals surface area (Å²) < 4.78 is 18.2. The highest BCUT2D eigenvalue weighted by Crippen LogP contribution is 2.38. The molecule has 28 heavy (non-hydrogen) atoms. The highest BCUT2D eigenvalue weighted by molar-refractivity contribution is 9.13. The first-order valence-corrected chi connectivity index (χ1v) is 10.5. The van der Waals surface area contributed by atoms with Crippen molar-refractivity contribution in [1.29, 1.82) is 0 Å². The Balaban J connectivity index is 2.12. The van der Waals surface area contributed by atoms with E-state index in [-0.39, 0.29) is 0 Å². The van der Waals surface area contributed by atoms with E-state index in [1.807, 2.05) is 24.3 Å². The fourth-order valence-electron chi connectivity index (χ4n) is 2.64. The van der Waals surface area contributed by atoms with Crippen molar-refractivity contribution in [1.82, 2.24) is 5.32 Å². The molecular weight excluding hydrogens is 506 g/mol. The van der Waals surface area contributed by atoms with Crippen LogP contribution in [-0.2, 0) is 6.54 Å². The standard InChI is InChI=1S/C21H23Br2NO3S/c1-12-8-15(20(23)19(22)13(12)2)6-7-18(28)24-11-14-9-16(25-3)21(27-5)17(10-14)26-4/h6-10H,11H2,1-5H3,(H,24,28)/b7-6+. The number of halogens is 2. The van der Waals surface area contributed by atoms with Gasteiger partial charge in [0.2, 0.25) is 5.75 Å². The van der Waals surface area contributed by atoms with Crippen molar-refractivity contribution in [3.63, 3.8) is 0 Å². The quantitative estimate of drug-likeness (QED) is 0.353. The summed E-state index contributed by atoms with van der Waals surface area (Å²) in [6, 6.07) is 5.93. The van der Waals surface area contributed by atoms with Crippen LogP contribution in [0.5, 0.6) is 17.2 Å². The number of benzene rings is 2. The predicted molar refractivity (Wildman–Crippen MR) is 126 cm³/mol. The highest BCUT2D eigenvalue weighted by atomic mass is 79.9. The van der Waals surface area contributed by atoms with Gasteiger partial charge in [0.25, 0.3) is 0 Å². The number of nitrogens with one attached hydrogen (secondary N) is 1. The summed E-state index contributed by atoms with van der Waals surface area (Å²) in [4.78, 5) is 0.634. The number of hydrogen-bond acceptors (Lipinski definition) is 4. The Bertz CT molecular complexity index is 888. The van der Waals surface area contributed by atoms with E-state index in [0.29, 0.717) is 28.8 Å². The first-order valence-electron chi connectivity index (χ1n) is 8.52. The van der Waals surface area contributed by atoms with Crippen molar-refractivity contribution >= 4 is 55.1 Å². The molecule has 0 aromatic heterocycles. The maximum absolute atomic E-state index is 5.45. The zero-order chi connectivity index (χ0) is 20.8. The summed E-state index contributed by atoms with van der Waals surface area (Å²) in [5, 5.41) is 3.24. The van der Waals surface area contributed by atoms with E-state index in [4.69, 9.17) is 26.4 Å². The summed E-state index contributed by atoms with van der Waals surface area (Å²) in [6.07, 6.45) is 3.88. The molecule has 1 N–H and O–H groups in total. The Morgan fingerprint density at radius 3 is 2.14 bits per heavy atom. The van der Waals surface area contributed by atoms with Crippen molar-refractivity contribution in [2.75, 3.05) is 21.3 Å². The van der Waals surface area contributed by atoms with Gasteiger partial charge >= 0.3 is 0 Å². The number of thiocarbonyl (C=S) groups is 1. The molecule has 0 atom stereocenters. The predicted octanol–water partition coefficient (Wildman–Crippen LogP) is 5.98. The van der Waals surface area contributed by atoms with Crippen molar-refractivity contribution < 1.29 is 14.2 Å². The number of aryl methyl sites for hydroxylation is 1. The van der Waals surface area contributed by atoms with Gasteiger partial charge in [-0.05, 0) is 86.2 Å². The molecule has 150 valence electrons. The third kappa shape index (κ3) is 5.27. The molecule has 4 nitrogen and oxygen atoms in total. The Morgan fingerprint density at radius 1 is 1.00 bits per heavy atom. The van der Waals surface area contributed by atoms with Gasteiger partial charge in [-0.15, -0.1) is 0 Å². The molecule has 0 bridgehead atoms. The normalized spacial score (nSPS) is 10.8. The average molecular weight is 529 g/mol. The third-order valence-corrected chi connectivity index (χ3v) is 7.00. The van der Waals surface area contributed by atoms with E-state index in [1.165, 1.54) is 11.1 Å². The van der Waals surface area contributed by atoms with Crippen LogP contribution in [0, 0.1) is 13.8 Å². The van der Waals surface area contributed by atoms with E-state index in [9.17, 15) is 0 Å². The third-order valence-electron chi connectivity index (χ3n) is 4.34. The van der Waals surface area contributed by atoms with Gasteiger partial charge in [0.15, 0.2) is 11.5 Å². The molecule has 2 rings (SSSR count). The SMILES string of the molecule is COc1cc(CNC(=S)/C=C/c2cc(C)c(C)c(Br)c2Br)cc(OC)c1OC. The molecule has 7 heteroatoms. The number of methoxy groups -OCH3 is 3. The minimum absolute atomic E-state index is 0.539. The molecule has 0 saturated carbocycles. The van der Waals surface area contributed by atoms with E-state index in [0.717, 1.165) is 20.1 Å². The lowest BCUT2D eigenvalue weighted by Gasteiger charge is -2.14. The number of rotatable bonds is 7. The van der Waals surface area contributed by atoms with Crippen molar-refractivity contribution in [2.24, 2.45) is 0 Å². The summed E-state index contributed by atoms with van der Waals surface area (Å²) in [7, 11) is 4.78. The molecule has 0 saturated heterocycles. The Kier molecular flexibility index (Phi) is 8.34. The molecule has 0 radical (unpaired) electrons. The zero-order valence-electron chi connectivity index (χ0n) is 16.5.